The van der Waals surface area contributed by atoms with Crippen LogP contribution >= 0.6 is 0 Å². The number of aliphatic hydroxyl groups is 1. The molecule has 1 N–H and O–H groups in total. The van der Waals surface area contributed by atoms with Crippen LogP contribution in [-0.4, -0.2) is 66.0 Å². The zero-order valence-corrected chi connectivity index (χ0v) is 20.2. The molecule has 0 aromatic heterocycles. The summed E-state index contributed by atoms with van der Waals surface area (Å²) < 4.78 is 11.0. The molecule has 0 saturated carbocycles. The monoisotopic (exact) mass is 464 g/mol. The quantitative estimate of drug-likeness (QED) is 0.364. The second kappa shape index (κ2) is 9.89. The first kappa shape index (κ1) is 23.8. The Balaban J connectivity index is 1.77. The van der Waals surface area contributed by atoms with Gasteiger partial charge in [0.2, 0.25) is 0 Å². The van der Waals surface area contributed by atoms with Crippen LogP contribution in [0.4, 0.5) is 0 Å². The molecule has 7 nitrogen and oxygen atoms in total. The van der Waals surface area contributed by atoms with Crippen LogP contribution < -0.4 is 9.47 Å². The van der Waals surface area contributed by atoms with Crippen molar-refractivity contribution in [2.45, 2.75) is 39.3 Å². The minimum Gasteiger partial charge on any atom is -0.507 e. The average Bonchev–Trinajstić information content (AvgIpc) is 3.35. The highest BCUT2D eigenvalue weighted by atomic mass is 16.5. The van der Waals surface area contributed by atoms with E-state index in [-0.39, 0.29) is 17.4 Å². The number of ether oxygens (including phenoxy) is 2. The van der Waals surface area contributed by atoms with Crippen LogP contribution in [0.15, 0.2) is 48.0 Å². The van der Waals surface area contributed by atoms with Crippen molar-refractivity contribution in [2.24, 2.45) is 0 Å². The average molecular weight is 465 g/mol. The van der Waals surface area contributed by atoms with Crippen molar-refractivity contribution in [2.75, 3.05) is 33.3 Å². The van der Waals surface area contributed by atoms with Crippen molar-refractivity contribution in [3.8, 4) is 11.5 Å². The van der Waals surface area contributed by atoms with E-state index in [0.29, 0.717) is 24.4 Å². The lowest BCUT2D eigenvalue weighted by molar-refractivity contribution is -0.140. The number of ketones is 1. The number of carbonyl (C=O) groups excluding carboxylic acids is 2. The van der Waals surface area contributed by atoms with Crippen LogP contribution in [0.3, 0.4) is 0 Å². The fourth-order valence-electron chi connectivity index (χ4n) is 4.76. The molecule has 7 heteroatoms. The van der Waals surface area contributed by atoms with Gasteiger partial charge in [0, 0.05) is 25.1 Å². The third-order valence-electron chi connectivity index (χ3n) is 6.69. The summed E-state index contributed by atoms with van der Waals surface area (Å²) in [7, 11) is 1.59. The Hall–Kier alpha value is -3.32. The third kappa shape index (κ3) is 4.40. The van der Waals surface area contributed by atoms with Crippen molar-refractivity contribution < 1.29 is 24.2 Å². The van der Waals surface area contributed by atoms with Crippen molar-refractivity contribution >= 4 is 17.4 Å². The van der Waals surface area contributed by atoms with E-state index in [2.05, 4.69) is 18.7 Å². The molecular weight excluding hydrogens is 432 g/mol. The van der Waals surface area contributed by atoms with Crippen molar-refractivity contribution in [1.82, 2.24) is 9.80 Å². The number of methoxy groups -OCH3 is 1. The molecule has 2 aromatic rings. The van der Waals surface area contributed by atoms with Gasteiger partial charge in [-0.2, -0.15) is 0 Å². The molecule has 0 radical (unpaired) electrons. The van der Waals surface area contributed by atoms with Crippen LogP contribution in [0.1, 0.15) is 43.5 Å². The predicted octanol–water partition coefficient (Wildman–Crippen LogP) is 3.78. The van der Waals surface area contributed by atoms with Crippen molar-refractivity contribution in [3.63, 3.8) is 0 Å². The summed E-state index contributed by atoms with van der Waals surface area (Å²) in [5.74, 6) is 0.0505. The summed E-state index contributed by atoms with van der Waals surface area (Å²) in [6, 6.07) is 12.0. The van der Waals surface area contributed by atoms with Gasteiger partial charge in [0.25, 0.3) is 11.7 Å². The van der Waals surface area contributed by atoms with E-state index < -0.39 is 17.7 Å². The van der Waals surface area contributed by atoms with E-state index in [1.54, 1.807) is 30.2 Å². The zero-order valence-electron chi connectivity index (χ0n) is 20.2. The minimum absolute atomic E-state index is 0.0670. The van der Waals surface area contributed by atoms with Crippen LogP contribution in [-0.2, 0) is 16.0 Å². The van der Waals surface area contributed by atoms with Crippen LogP contribution in [0.2, 0.25) is 0 Å². The molecule has 2 aliphatic heterocycles. The number of carbonyl (C=O) groups is 2. The lowest BCUT2D eigenvalue weighted by Crippen LogP contribution is -2.38. The maximum Gasteiger partial charge on any atom is 0.295 e. The molecule has 180 valence electrons. The molecule has 1 fully saturated rings. The number of nitrogens with zero attached hydrogens (tertiary/aromatic N) is 2. The topological polar surface area (TPSA) is 79.3 Å². The number of amides is 1. The second-order valence-electron chi connectivity index (χ2n) is 8.75. The standard InChI is InChI=1S/C27H32N2O5/c1-5-28(6-2)13-14-29-24(18-7-10-21(33-4)11-8-18)23(26(31)27(29)32)25(30)19-9-12-22-20(16-19)15-17(3)34-22/h7-12,16-17,24,30H,5-6,13-15H2,1-4H3/b25-23+/t17-,24+/m0/s1. The number of benzene rings is 2. The normalized spacial score (nSPS) is 21.1. The lowest BCUT2D eigenvalue weighted by atomic mass is 9.94. The molecule has 2 aromatic carbocycles. The summed E-state index contributed by atoms with van der Waals surface area (Å²) in [5.41, 5.74) is 2.35. The van der Waals surface area contributed by atoms with Crippen LogP contribution in [0, 0.1) is 0 Å². The molecule has 0 bridgehead atoms. The van der Waals surface area contributed by atoms with E-state index in [1.165, 1.54) is 0 Å². The molecule has 2 atom stereocenters. The highest BCUT2D eigenvalue weighted by molar-refractivity contribution is 6.46. The number of aliphatic hydroxyl groups excluding tert-OH is 1. The fourth-order valence-corrected chi connectivity index (χ4v) is 4.76. The Morgan fingerprint density at radius 3 is 2.50 bits per heavy atom. The van der Waals surface area contributed by atoms with E-state index in [1.807, 2.05) is 31.2 Å². The van der Waals surface area contributed by atoms with Gasteiger partial charge in [-0.05, 0) is 61.5 Å². The smallest absolute Gasteiger partial charge is 0.295 e. The van der Waals surface area contributed by atoms with Gasteiger partial charge >= 0.3 is 0 Å². The molecule has 0 aliphatic carbocycles. The first-order chi connectivity index (χ1) is 16.4. The van der Waals surface area contributed by atoms with Gasteiger partial charge in [0.1, 0.15) is 23.4 Å². The lowest BCUT2D eigenvalue weighted by Gasteiger charge is -2.28. The zero-order chi connectivity index (χ0) is 24.4. The molecule has 1 saturated heterocycles. The first-order valence-electron chi connectivity index (χ1n) is 11.8. The molecule has 34 heavy (non-hydrogen) atoms. The largest absolute Gasteiger partial charge is 0.507 e. The fraction of sp³-hybridized carbons (Fsp3) is 0.407. The van der Waals surface area contributed by atoms with E-state index in [0.717, 1.165) is 36.4 Å². The molecule has 2 aliphatic rings. The number of hydrogen-bond acceptors (Lipinski definition) is 6. The molecule has 1 amide bonds. The second-order valence-corrected chi connectivity index (χ2v) is 8.75. The number of likely N-dealkylation sites (tertiary alicyclic amines) is 1. The van der Waals surface area contributed by atoms with E-state index >= 15 is 0 Å². The summed E-state index contributed by atoms with van der Waals surface area (Å²) in [6.07, 6.45) is 0.800. The predicted molar refractivity (Wildman–Crippen MR) is 130 cm³/mol. The number of hydrogen-bond donors (Lipinski definition) is 1. The SMILES string of the molecule is CCN(CC)CCN1C(=O)C(=O)/C(=C(/O)c2ccc3c(c2)C[C@H](C)O3)[C@H]1c1ccc(OC)cc1. The van der Waals surface area contributed by atoms with Crippen molar-refractivity contribution in [1.29, 1.82) is 0 Å². The van der Waals surface area contributed by atoms with Gasteiger partial charge in [0.15, 0.2) is 0 Å². The maximum atomic E-state index is 13.2. The van der Waals surface area contributed by atoms with Gasteiger partial charge in [-0.25, -0.2) is 0 Å². The van der Waals surface area contributed by atoms with Gasteiger partial charge in [0.05, 0.1) is 18.7 Å². The Labute approximate surface area is 200 Å². The van der Waals surface area contributed by atoms with Gasteiger partial charge < -0.3 is 24.4 Å². The summed E-state index contributed by atoms with van der Waals surface area (Å²) in [6.45, 7) is 8.85. The maximum absolute atomic E-state index is 13.2. The van der Waals surface area contributed by atoms with Gasteiger partial charge in [-0.3, -0.25) is 9.59 Å². The summed E-state index contributed by atoms with van der Waals surface area (Å²) in [5, 5.41) is 11.3. The van der Waals surface area contributed by atoms with Crippen LogP contribution in [0.5, 0.6) is 11.5 Å². The highest BCUT2D eigenvalue weighted by Crippen LogP contribution is 2.40. The Morgan fingerprint density at radius 1 is 1.15 bits per heavy atom. The number of fused-ring (bicyclic) bond motifs is 1. The number of Topliss-reactive ketones (excluding diaryl/α,β-unsaturated/α-hetero) is 1. The number of rotatable bonds is 8. The molecule has 0 spiro atoms. The molecule has 2 heterocycles. The Kier molecular flexibility index (Phi) is 6.93. The van der Waals surface area contributed by atoms with Crippen molar-refractivity contribution in [3.05, 3.63) is 64.7 Å². The molecule has 4 rings (SSSR count). The Bertz CT molecular complexity index is 1100. The molecule has 0 unspecified atom stereocenters. The summed E-state index contributed by atoms with van der Waals surface area (Å²) >= 11 is 0. The Morgan fingerprint density at radius 2 is 1.85 bits per heavy atom. The highest BCUT2D eigenvalue weighted by Gasteiger charge is 2.46. The third-order valence-corrected chi connectivity index (χ3v) is 6.69. The number of likely N-dealkylation sites (N-methyl/N-ethyl adjacent to an activating group) is 1. The molecular formula is C27H32N2O5. The van der Waals surface area contributed by atoms with E-state index in [4.69, 9.17) is 9.47 Å². The van der Waals surface area contributed by atoms with E-state index in [9.17, 15) is 14.7 Å². The van der Waals surface area contributed by atoms with Gasteiger partial charge in [-0.1, -0.05) is 26.0 Å². The van der Waals surface area contributed by atoms with Gasteiger partial charge in [-0.15, -0.1) is 0 Å². The summed E-state index contributed by atoms with van der Waals surface area (Å²) in [4.78, 5) is 30.2. The first-order valence-corrected chi connectivity index (χ1v) is 11.8. The minimum atomic E-state index is -0.676. The van der Waals surface area contributed by atoms with Crippen LogP contribution in [0.25, 0.3) is 5.76 Å².